The second-order valence-corrected chi connectivity index (χ2v) is 4.11. The van der Waals surface area contributed by atoms with Crippen LogP contribution in [0.15, 0.2) is 54.1 Å². The monoisotopic (exact) mass is 196 g/mol. The minimum atomic E-state index is 1.06. The lowest BCUT2D eigenvalue weighted by atomic mass is 10.0. The van der Waals surface area contributed by atoms with Crippen molar-refractivity contribution in [3.05, 3.63) is 65.3 Å². The number of aryl methyl sites for hydroxylation is 1. The van der Waals surface area contributed by atoms with Gasteiger partial charge in [-0.05, 0) is 31.4 Å². The Labute approximate surface area is 91.6 Å². The summed E-state index contributed by atoms with van der Waals surface area (Å²) in [5.74, 6) is 0. The Bertz CT molecular complexity index is 428. The third kappa shape index (κ3) is 2.47. The number of hydrogen-bond acceptors (Lipinski definition) is 0. The van der Waals surface area contributed by atoms with Crippen molar-refractivity contribution in [2.24, 2.45) is 0 Å². The average Bonchev–Trinajstić information content (AvgIpc) is 2.44. The summed E-state index contributed by atoms with van der Waals surface area (Å²) in [6.07, 6.45) is 9.90. The SMILES string of the molecule is CC1=CC=C(c2ccc(C)cc2)C=CC1. The standard InChI is InChI=1S/C15H16/c1-12-4-3-5-14(9-6-12)15-10-7-13(2)8-11-15/h3,5-11H,4H2,1-2H3. The van der Waals surface area contributed by atoms with Crippen molar-refractivity contribution in [3.63, 3.8) is 0 Å². The quantitative estimate of drug-likeness (QED) is 0.628. The van der Waals surface area contributed by atoms with Crippen LogP contribution in [-0.4, -0.2) is 0 Å². The van der Waals surface area contributed by atoms with Gasteiger partial charge in [0.05, 0.1) is 0 Å². The normalized spacial score (nSPS) is 15.6. The van der Waals surface area contributed by atoms with E-state index in [2.05, 4.69) is 62.4 Å². The van der Waals surface area contributed by atoms with Gasteiger partial charge in [0.15, 0.2) is 0 Å². The van der Waals surface area contributed by atoms with E-state index in [9.17, 15) is 0 Å². The molecule has 2 rings (SSSR count). The van der Waals surface area contributed by atoms with Crippen LogP contribution < -0.4 is 0 Å². The van der Waals surface area contributed by atoms with Crippen LogP contribution in [0.4, 0.5) is 0 Å². The maximum Gasteiger partial charge on any atom is -0.0135 e. The zero-order valence-corrected chi connectivity index (χ0v) is 9.33. The second kappa shape index (κ2) is 4.31. The smallest absolute Gasteiger partial charge is 0.0135 e. The molecule has 0 unspecified atom stereocenters. The van der Waals surface area contributed by atoms with Gasteiger partial charge in [-0.25, -0.2) is 0 Å². The zero-order valence-electron chi connectivity index (χ0n) is 9.33. The molecule has 0 aliphatic heterocycles. The minimum absolute atomic E-state index is 1.06. The molecule has 0 aromatic heterocycles. The summed E-state index contributed by atoms with van der Waals surface area (Å²) < 4.78 is 0. The van der Waals surface area contributed by atoms with Crippen molar-refractivity contribution >= 4 is 5.57 Å². The maximum atomic E-state index is 2.23. The highest BCUT2D eigenvalue weighted by Gasteiger charge is 1.99. The van der Waals surface area contributed by atoms with Gasteiger partial charge in [0.1, 0.15) is 0 Å². The van der Waals surface area contributed by atoms with E-state index >= 15 is 0 Å². The summed E-state index contributed by atoms with van der Waals surface area (Å²) in [5, 5.41) is 0. The Kier molecular flexibility index (Phi) is 2.86. The van der Waals surface area contributed by atoms with Crippen LogP contribution in [0.25, 0.3) is 5.57 Å². The molecule has 0 heterocycles. The predicted molar refractivity (Wildman–Crippen MR) is 66.7 cm³/mol. The Morgan fingerprint density at radius 2 is 1.67 bits per heavy atom. The lowest BCUT2D eigenvalue weighted by Gasteiger charge is -2.01. The first-order chi connectivity index (χ1) is 7.25. The molecular formula is C15H16. The number of rotatable bonds is 1. The molecule has 1 aliphatic carbocycles. The van der Waals surface area contributed by atoms with E-state index in [0.29, 0.717) is 0 Å². The molecule has 0 saturated carbocycles. The van der Waals surface area contributed by atoms with Gasteiger partial charge in [-0.1, -0.05) is 59.7 Å². The Balaban J connectivity index is 2.35. The van der Waals surface area contributed by atoms with Crippen LogP contribution >= 0.6 is 0 Å². The van der Waals surface area contributed by atoms with E-state index in [4.69, 9.17) is 0 Å². The van der Waals surface area contributed by atoms with Crippen molar-refractivity contribution in [2.45, 2.75) is 20.3 Å². The van der Waals surface area contributed by atoms with E-state index in [1.807, 2.05) is 0 Å². The van der Waals surface area contributed by atoms with E-state index in [1.54, 1.807) is 0 Å². The van der Waals surface area contributed by atoms with Gasteiger partial charge in [0.25, 0.3) is 0 Å². The third-order valence-electron chi connectivity index (χ3n) is 2.67. The fourth-order valence-corrected chi connectivity index (χ4v) is 1.67. The van der Waals surface area contributed by atoms with Gasteiger partial charge < -0.3 is 0 Å². The van der Waals surface area contributed by atoms with Crippen molar-refractivity contribution in [1.29, 1.82) is 0 Å². The van der Waals surface area contributed by atoms with Gasteiger partial charge >= 0.3 is 0 Å². The molecule has 1 aliphatic rings. The molecule has 0 fully saturated rings. The molecular weight excluding hydrogens is 180 g/mol. The van der Waals surface area contributed by atoms with Crippen LogP contribution in [0, 0.1) is 6.92 Å². The van der Waals surface area contributed by atoms with E-state index in [-0.39, 0.29) is 0 Å². The minimum Gasteiger partial charge on any atom is -0.0799 e. The van der Waals surface area contributed by atoms with Gasteiger partial charge in [0, 0.05) is 0 Å². The van der Waals surface area contributed by atoms with Crippen LogP contribution in [0.2, 0.25) is 0 Å². The largest absolute Gasteiger partial charge is 0.0799 e. The molecule has 0 radical (unpaired) electrons. The van der Waals surface area contributed by atoms with Crippen molar-refractivity contribution in [1.82, 2.24) is 0 Å². The average molecular weight is 196 g/mol. The lowest BCUT2D eigenvalue weighted by molar-refractivity contribution is 1.22. The van der Waals surface area contributed by atoms with Crippen LogP contribution in [-0.2, 0) is 0 Å². The third-order valence-corrected chi connectivity index (χ3v) is 2.67. The van der Waals surface area contributed by atoms with Crippen molar-refractivity contribution in [3.8, 4) is 0 Å². The summed E-state index contributed by atoms with van der Waals surface area (Å²) in [6.45, 7) is 4.28. The molecule has 0 bridgehead atoms. The first-order valence-electron chi connectivity index (χ1n) is 5.37. The zero-order chi connectivity index (χ0) is 10.7. The molecule has 0 spiro atoms. The van der Waals surface area contributed by atoms with Gasteiger partial charge in [0.2, 0.25) is 0 Å². The highest BCUT2D eigenvalue weighted by molar-refractivity contribution is 5.75. The Morgan fingerprint density at radius 3 is 2.40 bits per heavy atom. The first-order valence-corrected chi connectivity index (χ1v) is 5.37. The Hall–Kier alpha value is -1.56. The molecule has 0 amide bonds. The molecule has 1 aromatic rings. The molecule has 1 aromatic carbocycles. The lowest BCUT2D eigenvalue weighted by Crippen LogP contribution is -1.80. The van der Waals surface area contributed by atoms with E-state index in [1.165, 1.54) is 22.3 Å². The Morgan fingerprint density at radius 1 is 0.933 bits per heavy atom. The fourth-order valence-electron chi connectivity index (χ4n) is 1.67. The number of allylic oxidation sites excluding steroid dienone is 6. The summed E-state index contributed by atoms with van der Waals surface area (Å²) in [6, 6.07) is 8.68. The molecule has 0 nitrogen and oxygen atoms in total. The maximum absolute atomic E-state index is 2.23. The van der Waals surface area contributed by atoms with E-state index < -0.39 is 0 Å². The van der Waals surface area contributed by atoms with Gasteiger partial charge in [-0.3, -0.25) is 0 Å². The number of hydrogen-bond donors (Lipinski definition) is 0. The predicted octanol–water partition coefficient (Wildman–Crippen LogP) is 4.28. The van der Waals surface area contributed by atoms with Crippen molar-refractivity contribution in [2.75, 3.05) is 0 Å². The van der Waals surface area contributed by atoms with Gasteiger partial charge in [-0.15, -0.1) is 0 Å². The molecule has 15 heavy (non-hydrogen) atoms. The van der Waals surface area contributed by atoms with Gasteiger partial charge in [-0.2, -0.15) is 0 Å². The second-order valence-electron chi connectivity index (χ2n) is 4.11. The topological polar surface area (TPSA) is 0 Å². The van der Waals surface area contributed by atoms with Crippen LogP contribution in [0.5, 0.6) is 0 Å². The van der Waals surface area contributed by atoms with Crippen LogP contribution in [0.1, 0.15) is 24.5 Å². The fraction of sp³-hybridized carbons (Fsp3) is 0.200. The first kappa shape index (κ1) is 9.97. The summed E-state index contributed by atoms with van der Waals surface area (Å²) in [5.41, 5.74) is 5.31. The molecule has 0 N–H and O–H groups in total. The van der Waals surface area contributed by atoms with E-state index in [0.717, 1.165) is 6.42 Å². The summed E-state index contributed by atoms with van der Waals surface area (Å²) in [4.78, 5) is 0. The summed E-state index contributed by atoms with van der Waals surface area (Å²) in [7, 11) is 0. The molecule has 76 valence electrons. The molecule has 0 atom stereocenters. The molecule has 0 saturated heterocycles. The highest BCUT2D eigenvalue weighted by atomic mass is 14.0. The van der Waals surface area contributed by atoms with Crippen LogP contribution in [0.3, 0.4) is 0 Å². The summed E-state index contributed by atoms with van der Waals surface area (Å²) >= 11 is 0. The highest BCUT2D eigenvalue weighted by Crippen LogP contribution is 2.20. The number of benzene rings is 1. The molecule has 0 heteroatoms. The van der Waals surface area contributed by atoms with Crippen molar-refractivity contribution < 1.29 is 0 Å².